The highest BCUT2D eigenvalue weighted by molar-refractivity contribution is 5.95. The minimum Gasteiger partial charge on any atom is -0.458 e. The molecule has 2 heteroatoms. The summed E-state index contributed by atoms with van der Waals surface area (Å²) in [5, 5.41) is 0. The maximum absolute atomic E-state index is 11.8. The van der Waals surface area contributed by atoms with Gasteiger partial charge in [-0.3, -0.25) is 4.79 Å². The highest BCUT2D eigenvalue weighted by Gasteiger charge is 2.17. The lowest BCUT2D eigenvalue weighted by molar-refractivity contribution is 0.0893. The number of carbonyl (C=O) groups is 1. The molecule has 0 saturated heterocycles. The largest absolute Gasteiger partial charge is 0.458 e. The third kappa shape index (κ3) is 2.47. The standard InChI is InChI=1S/C12H18O2/c1-4-6-9(3)12(13)11-8-7-10(5-2)14-11/h7-9H,4-6H2,1-3H3. The van der Waals surface area contributed by atoms with Gasteiger partial charge in [0.15, 0.2) is 5.76 Å². The maximum atomic E-state index is 11.8. The average molecular weight is 194 g/mol. The molecular formula is C12H18O2. The molecule has 1 aromatic heterocycles. The first kappa shape index (κ1) is 11.0. The summed E-state index contributed by atoms with van der Waals surface area (Å²) in [6.45, 7) is 6.06. The molecule has 0 saturated carbocycles. The Kier molecular flexibility index (Phi) is 3.93. The Balaban J connectivity index is 2.68. The summed E-state index contributed by atoms with van der Waals surface area (Å²) in [5.41, 5.74) is 0. The minimum atomic E-state index is 0.0795. The highest BCUT2D eigenvalue weighted by atomic mass is 16.3. The fraction of sp³-hybridized carbons (Fsp3) is 0.583. The fourth-order valence-electron chi connectivity index (χ4n) is 1.51. The van der Waals surface area contributed by atoms with Crippen molar-refractivity contribution >= 4 is 5.78 Å². The summed E-state index contributed by atoms with van der Waals surface area (Å²) >= 11 is 0. The van der Waals surface area contributed by atoms with Crippen LogP contribution in [-0.2, 0) is 6.42 Å². The Morgan fingerprint density at radius 2 is 2.14 bits per heavy atom. The maximum Gasteiger partial charge on any atom is 0.200 e. The smallest absolute Gasteiger partial charge is 0.200 e. The number of rotatable bonds is 5. The van der Waals surface area contributed by atoms with E-state index >= 15 is 0 Å². The molecule has 0 N–H and O–H groups in total. The van der Waals surface area contributed by atoms with Gasteiger partial charge in [-0.2, -0.15) is 0 Å². The lowest BCUT2D eigenvalue weighted by Crippen LogP contribution is -2.09. The molecule has 2 nitrogen and oxygen atoms in total. The van der Waals surface area contributed by atoms with Crippen LogP contribution in [0, 0.1) is 5.92 Å². The molecular weight excluding hydrogens is 176 g/mol. The van der Waals surface area contributed by atoms with Crippen LogP contribution in [0.4, 0.5) is 0 Å². The number of aryl methyl sites for hydroxylation is 1. The van der Waals surface area contributed by atoms with Gasteiger partial charge in [0.2, 0.25) is 5.78 Å². The zero-order valence-electron chi connectivity index (χ0n) is 9.17. The van der Waals surface area contributed by atoms with Gasteiger partial charge in [0.05, 0.1) is 0 Å². The van der Waals surface area contributed by atoms with E-state index in [1.54, 1.807) is 6.07 Å². The molecule has 1 aromatic rings. The van der Waals surface area contributed by atoms with Gasteiger partial charge in [-0.25, -0.2) is 0 Å². The van der Waals surface area contributed by atoms with E-state index < -0.39 is 0 Å². The lowest BCUT2D eigenvalue weighted by Gasteiger charge is -2.05. The molecule has 14 heavy (non-hydrogen) atoms. The van der Waals surface area contributed by atoms with Crippen molar-refractivity contribution in [3.63, 3.8) is 0 Å². The van der Waals surface area contributed by atoms with Crippen LogP contribution >= 0.6 is 0 Å². The normalized spacial score (nSPS) is 12.8. The van der Waals surface area contributed by atoms with Crippen LogP contribution in [0.3, 0.4) is 0 Å². The molecule has 0 spiro atoms. The van der Waals surface area contributed by atoms with E-state index in [9.17, 15) is 4.79 Å². The Morgan fingerprint density at radius 3 is 2.64 bits per heavy atom. The molecule has 0 aliphatic heterocycles. The number of Topliss-reactive ketones (excluding diaryl/α,β-unsaturated/α-hetero) is 1. The van der Waals surface area contributed by atoms with Crippen LogP contribution in [0.25, 0.3) is 0 Å². The molecule has 1 rings (SSSR count). The van der Waals surface area contributed by atoms with Gasteiger partial charge in [-0.1, -0.05) is 27.2 Å². The SMILES string of the molecule is CCCC(C)C(=O)c1ccc(CC)o1. The molecule has 0 radical (unpaired) electrons. The van der Waals surface area contributed by atoms with Crippen molar-refractivity contribution in [3.05, 3.63) is 23.7 Å². The predicted molar refractivity (Wildman–Crippen MR) is 56.5 cm³/mol. The summed E-state index contributed by atoms with van der Waals surface area (Å²) in [7, 11) is 0. The van der Waals surface area contributed by atoms with Crippen molar-refractivity contribution in [1.82, 2.24) is 0 Å². The van der Waals surface area contributed by atoms with Gasteiger partial charge in [0.25, 0.3) is 0 Å². The third-order valence-electron chi connectivity index (χ3n) is 2.42. The third-order valence-corrected chi connectivity index (χ3v) is 2.42. The molecule has 0 bridgehead atoms. The molecule has 1 unspecified atom stereocenters. The minimum absolute atomic E-state index is 0.0795. The fourth-order valence-corrected chi connectivity index (χ4v) is 1.51. The molecule has 0 aliphatic carbocycles. The molecule has 1 atom stereocenters. The topological polar surface area (TPSA) is 30.2 Å². The van der Waals surface area contributed by atoms with E-state index in [-0.39, 0.29) is 11.7 Å². The quantitative estimate of drug-likeness (QED) is 0.672. The van der Waals surface area contributed by atoms with E-state index in [1.165, 1.54) is 0 Å². The van der Waals surface area contributed by atoms with Gasteiger partial charge >= 0.3 is 0 Å². The van der Waals surface area contributed by atoms with Crippen molar-refractivity contribution in [3.8, 4) is 0 Å². The molecule has 1 heterocycles. The van der Waals surface area contributed by atoms with E-state index in [1.807, 2.05) is 19.9 Å². The molecule has 0 aromatic carbocycles. The second-order valence-electron chi connectivity index (χ2n) is 3.67. The van der Waals surface area contributed by atoms with Crippen LogP contribution in [0.1, 0.15) is 49.9 Å². The van der Waals surface area contributed by atoms with Gasteiger partial charge in [-0.05, 0) is 18.6 Å². The van der Waals surface area contributed by atoms with Crippen LogP contribution < -0.4 is 0 Å². The van der Waals surface area contributed by atoms with Crippen LogP contribution in [0.2, 0.25) is 0 Å². The Hall–Kier alpha value is -1.05. The van der Waals surface area contributed by atoms with Crippen molar-refractivity contribution in [2.24, 2.45) is 5.92 Å². The summed E-state index contributed by atoms with van der Waals surface area (Å²) in [6.07, 6.45) is 2.81. The molecule has 0 fully saturated rings. The number of hydrogen-bond acceptors (Lipinski definition) is 2. The van der Waals surface area contributed by atoms with Crippen LogP contribution in [-0.4, -0.2) is 5.78 Å². The van der Waals surface area contributed by atoms with Crippen molar-refractivity contribution in [2.45, 2.75) is 40.0 Å². The van der Waals surface area contributed by atoms with Gasteiger partial charge in [0.1, 0.15) is 5.76 Å². The monoisotopic (exact) mass is 194 g/mol. The summed E-state index contributed by atoms with van der Waals surface area (Å²) in [6, 6.07) is 3.67. The van der Waals surface area contributed by atoms with Crippen molar-refractivity contribution in [2.75, 3.05) is 0 Å². The van der Waals surface area contributed by atoms with Crippen LogP contribution in [0.5, 0.6) is 0 Å². The summed E-state index contributed by atoms with van der Waals surface area (Å²) in [5.74, 6) is 1.61. The zero-order chi connectivity index (χ0) is 10.6. The Morgan fingerprint density at radius 1 is 1.43 bits per heavy atom. The predicted octanol–water partition coefficient (Wildman–Crippen LogP) is 3.46. The van der Waals surface area contributed by atoms with Gasteiger partial charge in [0, 0.05) is 12.3 Å². The van der Waals surface area contributed by atoms with Gasteiger partial charge in [-0.15, -0.1) is 0 Å². The Labute approximate surface area is 85.3 Å². The summed E-state index contributed by atoms with van der Waals surface area (Å²) < 4.78 is 5.41. The highest BCUT2D eigenvalue weighted by Crippen LogP contribution is 2.16. The first-order chi connectivity index (χ1) is 6.69. The Bertz CT molecular complexity index is 299. The summed E-state index contributed by atoms with van der Waals surface area (Å²) in [4.78, 5) is 11.8. The lowest BCUT2D eigenvalue weighted by atomic mass is 9.99. The van der Waals surface area contributed by atoms with E-state index in [0.29, 0.717) is 5.76 Å². The van der Waals surface area contributed by atoms with Crippen LogP contribution in [0.15, 0.2) is 16.5 Å². The second kappa shape index (κ2) is 4.99. The van der Waals surface area contributed by atoms with Crippen molar-refractivity contribution in [1.29, 1.82) is 0 Å². The molecule has 0 aliphatic rings. The molecule has 0 amide bonds. The first-order valence-electron chi connectivity index (χ1n) is 5.32. The van der Waals surface area contributed by atoms with E-state index in [4.69, 9.17) is 4.42 Å². The number of carbonyl (C=O) groups excluding carboxylic acids is 1. The molecule has 78 valence electrons. The number of hydrogen-bond donors (Lipinski definition) is 0. The number of ketones is 1. The van der Waals surface area contributed by atoms with Crippen molar-refractivity contribution < 1.29 is 9.21 Å². The van der Waals surface area contributed by atoms with E-state index in [0.717, 1.165) is 25.0 Å². The van der Waals surface area contributed by atoms with E-state index in [2.05, 4.69) is 6.92 Å². The first-order valence-corrected chi connectivity index (χ1v) is 5.32. The number of furan rings is 1. The van der Waals surface area contributed by atoms with Gasteiger partial charge < -0.3 is 4.42 Å². The average Bonchev–Trinajstić information content (AvgIpc) is 2.65. The second-order valence-corrected chi connectivity index (χ2v) is 3.67. The zero-order valence-corrected chi connectivity index (χ0v) is 9.17.